The lowest BCUT2D eigenvalue weighted by Gasteiger charge is -2.48. The van der Waals surface area contributed by atoms with Crippen molar-refractivity contribution >= 4 is 41.8 Å². The van der Waals surface area contributed by atoms with Crippen molar-refractivity contribution in [1.82, 2.24) is 0 Å². The Morgan fingerprint density at radius 2 is 0.965 bits per heavy atom. The van der Waals surface area contributed by atoms with Gasteiger partial charge in [0.1, 0.15) is 38.1 Å². The zero-order valence-corrected chi connectivity index (χ0v) is 31.6. The van der Waals surface area contributed by atoms with E-state index in [9.17, 15) is 33.6 Å². The van der Waals surface area contributed by atoms with Gasteiger partial charge < -0.3 is 52.1 Å². The van der Waals surface area contributed by atoms with Crippen LogP contribution in [0.25, 0.3) is 0 Å². The maximum atomic E-state index is 13.6. The van der Waals surface area contributed by atoms with Crippen molar-refractivity contribution < 1.29 is 85.7 Å². The molecule has 0 saturated carbocycles. The molecule has 2 fully saturated rings. The van der Waals surface area contributed by atoms with Gasteiger partial charge in [-0.1, -0.05) is 42.3 Å². The van der Waals surface area contributed by atoms with E-state index < -0.39 is 123 Å². The fourth-order valence-electron chi connectivity index (χ4n) is 5.93. The topological polar surface area (TPSA) is 221 Å². The molecule has 18 nitrogen and oxygen atoms in total. The minimum atomic E-state index is -1.87. The van der Waals surface area contributed by atoms with Gasteiger partial charge in [-0.15, -0.1) is 6.42 Å². The van der Waals surface area contributed by atoms with Crippen LogP contribution in [0.1, 0.15) is 55.3 Å². The van der Waals surface area contributed by atoms with Crippen molar-refractivity contribution in [3.8, 4) is 12.3 Å². The minimum absolute atomic E-state index is 0.0715. The molecule has 0 amide bonds. The van der Waals surface area contributed by atoms with Gasteiger partial charge in [0.15, 0.2) is 43.1 Å². The molecule has 2 saturated heterocycles. The SMILES string of the molecule is C#CCO[C@@H]1O[C@H](COC(=O)c2ccccc2)[C@H](OC(C)=O)[C@H](O[C@H]2O[C@H](COC(C)=O)[C@H](OC(C)=O)[C@H](OC(C)=O)[C@H]2OC(C)=O)[C@H]1OC(=O)c1ccccc1. The Morgan fingerprint density at radius 1 is 0.526 bits per heavy atom. The molecule has 18 heteroatoms. The molecule has 2 aliphatic heterocycles. The summed E-state index contributed by atoms with van der Waals surface area (Å²) in [6, 6.07) is 15.6. The Bertz CT molecular complexity index is 1770. The van der Waals surface area contributed by atoms with E-state index in [4.69, 9.17) is 58.5 Å². The highest BCUT2D eigenvalue weighted by atomic mass is 16.8. The number of rotatable bonds is 15. The first kappa shape index (κ1) is 43.9. The summed E-state index contributed by atoms with van der Waals surface area (Å²) in [6.45, 7) is 3.66. The Kier molecular flexibility index (Phi) is 16.1. The molecule has 0 aliphatic carbocycles. The number of hydrogen-bond acceptors (Lipinski definition) is 18. The lowest BCUT2D eigenvalue weighted by molar-refractivity contribution is -0.359. The molecule has 0 unspecified atom stereocenters. The number of terminal acetylenes is 1. The molecule has 4 rings (SSSR count). The van der Waals surface area contributed by atoms with E-state index >= 15 is 0 Å². The van der Waals surface area contributed by atoms with Gasteiger partial charge in [-0.05, 0) is 24.3 Å². The third-order valence-corrected chi connectivity index (χ3v) is 8.10. The van der Waals surface area contributed by atoms with Crippen molar-refractivity contribution in [2.75, 3.05) is 19.8 Å². The van der Waals surface area contributed by atoms with E-state index in [1.807, 2.05) is 0 Å². The van der Waals surface area contributed by atoms with Crippen LogP contribution in [-0.2, 0) is 76.1 Å². The Hall–Kier alpha value is -5.87. The summed E-state index contributed by atoms with van der Waals surface area (Å²) in [5.74, 6) is -3.81. The van der Waals surface area contributed by atoms with Crippen LogP contribution in [0.2, 0.25) is 0 Å². The van der Waals surface area contributed by atoms with Crippen molar-refractivity contribution in [2.24, 2.45) is 0 Å². The number of ether oxygens (including phenoxy) is 11. The lowest BCUT2D eigenvalue weighted by Crippen LogP contribution is -2.67. The molecule has 2 aromatic rings. The first-order valence-corrected chi connectivity index (χ1v) is 17.5. The molecule has 306 valence electrons. The van der Waals surface area contributed by atoms with E-state index in [0.717, 1.165) is 34.6 Å². The second-order valence-electron chi connectivity index (χ2n) is 12.5. The van der Waals surface area contributed by atoms with Crippen LogP contribution in [0.4, 0.5) is 0 Å². The molecule has 2 heterocycles. The van der Waals surface area contributed by atoms with Crippen LogP contribution in [0.15, 0.2) is 60.7 Å². The molecule has 57 heavy (non-hydrogen) atoms. The van der Waals surface area contributed by atoms with Gasteiger partial charge in [-0.2, -0.15) is 0 Å². The summed E-state index contributed by atoms with van der Waals surface area (Å²) in [4.78, 5) is 88.6. The standard InChI is InChI=1S/C39H42O18/c1-7-18-47-38-34(56-37(46)27-16-12-9-13-17-27)33(31(51-23(4)42)29(54-38)20-49-36(45)26-14-10-8-11-15-26)57-39-35(53-25(6)44)32(52-24(5)43)30(50-22(3)41)28(55-39)19-48-21(2)40/h1,8-17,28-35,38-39H,18-20H2,2-6H3/t28-,29-,30+,31+,32+,33+,34-,35-,38-,39-/m1/s1. The second kappa shape index (κ2) is 20.9. The lowest BCUT2D eigenvalue weighted by atomic mass is 9.96. The molecule has 0 radical (unpaired) electrons. The predicted molar refractivity (Wildman–Crippen MR) is 188 cm³/mol. The van der Waals surface area contributed by atoms with E-state index in [-0.39, 0.29) is 11.1 Å². The molecule has 0 bridgehead atoms. The average molecular weight is 799 g/mol. The first-order chi connectivity index (χ1) is 27.2. The van der Waals surface area contributed by atoms with Crippen LogP contribution in [-0.4, -0.2) is 123 Å². The molecule has 2 aliphatic rings. The summed E-state index contributed by atoms with van der Waals surface area (Å²) < 4.78 is 63.4. The molecular weight excluding hydrogens is 756 g/mol. The zero-order valence-electron chi connectivity index (χ0n) is 31.6. The summed E-state index contributed by atoms with van der Waals surface area (Å²) >= 11 is 0. The van der Waals surface area contributed by atoms with E-state index in [1.54, 1.807) is 36.4 Å². The third kappa shape index (κ3) is 12.6. The Morgan fingerprint density at radius 3 is 1.47 bits per heavy atom. The van der Waals surface area contributed by atoms with Gasteiger partial charge in [0.05, 0.1) is 11.1 Å². The molecular formula is C39H42O18. The molecule has 0 N–H and O–H groups in total. The fourth-order valence-corrected chi connectivity index (χ4v) is 5.93. The van der Waals surface area contributed by atoms with Gasteiger partial charge in [0.25, 0.3) is 0 Å². The predicted octanol–water partition coefficient (Wildman–Crippen LogP) is 1.84. The quantitative estimate of drug-likeness (QED) is 0.142. The molecule has 10 atom stereocenters. The van der Waals surface area contributed by atoms with Crippen molar-refractivity contribution in [3.05, 3.63) is 71.8 Å². The van der Waals surface area contributed by atoms with Crippen LogP contribution < -0.4 is 0 Å². The van der Waals surface area contributed by atoms with Crippen LogP contribution in [0.3, 0.4) is 0 Å². The van der Waals surface area contributed by atoms with Crippen molar-refractivity contribution in [1.29, 1.82) is 0 Å². The summed E-state index contributed by atoms with van der Waals surface area (Å²) in [5.41, 5.74) is 0.250. The highest BCUT2D eigenvalue weighted by Crippen LogP contribution is 2.36. The smallest absolute Gasteiger partial charge is 0.338 e. The van der Waals surface area contributed by atoms with Crippen molar-refractivity contribution in [2.45, 2.75) is 96.0 Å². The Labute approximate surface area is 327 Å². The fraction of sp³-hybridized carbons (Fsp3) is 0.462. The normalized spacial score (nSPS) is 26.7. The van der Waals surface area contributed by atoms with Crippen LogP contribution in [0.5, 0.6) is 0 Å². The van der Waals surface area contributed by atoms with Gasteiger partial charge >= 0.3 is 41.8 Å². The first-order valence-electron chi connectivity index (χ1n) is 17.5. The largest absolute Gasteiger partial charge is 0.463 e. The maximum absolute atomic E-state index is 13.6. The van der Waals surface area contributed by atoms with E-state index in [0.29, 0.717) is 0 Å². The molecule has 0 spiro atoms. The van der Waals surface area contributed by atoms with Gasteiger partial charge in [-0.25, -0.2) is 9.59 Å². The van der Waals surface area contributed by atoms with Gasteiger partial charge in [0.2, 0.25) is 0 Å². The van der Waals surface area contributed by atoms with Gasteiger partial charge in [0, 0.05) is 34.6 Å². The number of hydrogen-bond donors (Lipinski definition) is 0. The number of carbonyl (C=O) groups excluding carboxylic acids is 7. The number of esters is 7. The second-order valence-corrected chi connectivity index (χ2v) is 12.5. The summed E-state index contributed by atoms with van der Waals surface area (Å²) in [7, 11) is 0. The minimum Gasteiger partial charge on any atom is -0.463 e. The van der Waals surface area contributed by atoms with Crippen LogP contribution in [0, 0.1) is 12.3 Å². The third-order valence-electron chi connectivity index (χ3n) is 8.10. The number of benzene rings is 2. The summed E-state index contributed by atoms with van der Waals surface area (Å²) in [5, 5.41) is 0. The highest BCUT2D eigenvalue weighted by Gasteiger charge is 2.58. The van der Waals surface area contributed by atoms with Crippen molar-refractivity contribution in [3.63, 3.8) is 0 Å². The zero-order chi connectivity index (χ0) is 41.6. The van der Waals surface area contributed by atoms with E-state index in [2.05, 4.69) is 5.92 Å². The Balaban J connectivity index is 1.85. The summed E-state index contributed by atoms with van der Waals surface area (Å²) in [6.07, 6.45) is -10.9. The molecule has 2 aromatic carbocycles. The highest BCUT2D eigenvalue weighted by molar-refractivity contribution is 5.90. The maximum Gasteiger partial charge on any atom is 0.338 e. The van der Waals surface area contributed by atoms with E-state index in [1.165, 1.54) is 24.3 Å². The van der Waals surface area contributed by atoms with Crippen LogP contribution >= 0.6 is 0 Å². The van der Waals surface area contributed by atoms with Gasteiger partial charge in [-0.3, -0.25) is 24.0 Å². The number of carbonyl (C=O) groups is 7. The monoisotopic (exact) mass is 798 g/mol. The molecule has 0 aromatic heterocycles. The average Bonchev–Trinajstić information content (AvgIpc) is 3.16.